The number of benzene rings is 1. The van der Waals surface area contributed by atoms with Crippen molar-refractivity contribution in [2.45, 2.75) is 25.1 Å². The molecule has 3 heteroatoms. The fraction of sp³-hybridized carbons (Fsp3) is 0.417. The Morgan fingerprint density at radius 3 is 2.80 bits per heavy atom. The van der Waals surface area contributed by atoms with Gasteiger partial charge < -0.3 is 9.53 Å². The van der Waals surface area contributed by atoms with Crippen molar-refractivity contribution in [2.24, 2.45) is 0 Å². The van der Waals surface area contributed by atoms with E-state index in [0.717, 1.165) is 28.5 Å². The fourth-order valence-electron chi connectivity index (χ4n) is 1.46. The van der Waals surface area contributed by atoms with Crippen LogP contribution in [0.3, 0.4) is 0 Å². The van der Waals surface area contributed by atoms with Gasteiger partial charge in [-0.05, 0) is 6.92 Å². The molecule has 1 aromatic carbocycles. The smallest absolute Gasteiger partial charge is 0.127 e. The number of carbonyl (C=O) groups is 1. The largest absolute Gasteiger partial charge is 0.493 e. The maximum atomic E-state index is 10.8. The highest BCUT2D eigenvalue weighted by Crippen LogP contribution is 2.30. The van der Waals surface area contributed by atoms with E-state index in [-0.39, 0.29) is 5.92 Å². The molecule has 1 rings (SSSR count). The van der Waals surface area contributed by atoms with Gasteiger partial charge in [-0.15, -0.1) is 0 Å². The van der Waals surface area contributed by atoms with Crippen molar-refractivity contribution in [1.29, 1.82) is 0 Å². The van der Waals surface area contributed by atoms with Gasteiger partial charge in [0.05, 0.1) is 6.61 Å². The predicted octanol–water partition coefficient (Wildman–Crippen LogP) is 3.28. The first-order valence-electron chi connectivity index (χ1n) is 5.00. The van der Waals surface area contributed by atoms with Crippen molar-refractivity contribution >= 4 is 22.2 Å². The fourth-order valence-corrected chi connectivity index (χ4v) is 1.90. The third kappa shape index (κ3) is 2.81. The average molecular weight is 271 g/mol. The zero-order valence-electron chi connectivity index (χ0n) is 9.00. The molecule has 0 heterocycles. The molecule has 15 heavy (non-hydrogen) atoms. The summed E-state index contributed by atoms with van der Waals surface area (Å²) in [5.74, 6) is 0.724. The summed E-state index contributed by atoms with van der Waals surface area (Å²) in [4.78, 5) is 10.8. The Hall–Kier alpha value is -0.830. The number of para-hydroxylation sites is 1. The van der Waals surface area contributed by atoms with Crippen LogP contribution in [0.1, 0.15) is 30.9 Å². The van der Waals surface area contributed by atoms with E-state index in [1.165, 1.54) is 0 Å². The van der Waals surface area contributed by atoms with Gasteiger partial charge in [0.2, 0.25) is 0 Å². The molecule has 1 atom stereocenters. The molecule has 2 nitrogen and oxygen atoms in total. The summed E-state index contributed by atoms with van der Waals surface area (Å²) in [5, 5.41) is 0.738. The van der Waals surface area contributed by atoms with Gasteiger partial charge in [-0.25, -0.2) is 0 Å². The number of rotatable bonds is 5. The minimum absolute atomic E-state index is 0.120. The maximum absolute atomic E-state index is 10.8. The number of halogens is 1. The van der Waals surface area contributed by atoms with Crippen LogP contribution in [-0.2, 0) is 10.1 Å². The molecule has 0 bridgehead atoms. The molecule has 0 saturated heterocycles. The quantitative estimate of drug-likeness (QED) is 0.606. The Morgan fingerprint density at radius 1 is 1.53 bits per heavy atom. The van der Waals surface area contributed by atoms with Crippen LogP contribution in [-0.4, -0.2) is 12.9 Å². The number of ether oxygens (including phenoxy) is 1. The van der Waals surface area contributed by atoms with E-state index in [1.807, 2.05) is 32.0 Å². The highest BCUT2D eigenvalue weighted by atomic mass is 79.9. The first kappa shape index (κ1) is 12.2. The van der Waals surface area contributed by atoms with Crippen molar-refractivity contribution < 1.29 is 9.53 Å². The minimum atomic E-state index is -0.120. The second-order valence-electron chi connectivity index (χ2n) is 3.33. The molecule has 0 aromatic heterocycles. The predicted molar refractivity (Wildman–Crippen MR) is 64.7 cm³/mol. The summed E-state index contributed by atoms with van der Waals surface area (Å²) in [6, 6.07) is 5.89. The van der Waals surface area contributed by atoms with E-state index < -0.39 is 0 Å². The van der Waals surface area contributed by atoms with E-state index >= 15 is 0 Å². The Bertz CT molecular complexity index is 336. The topological polar surface area (TPSA) is 26.3 Å². The van der Waals surface area contributed by atoms with Crippen molar-refractivity contribution in [1.82, 2.24) is 0 Å². The molecule has 0 aliphatic rings. The van der Waals surface area contributed by atoms with Gasteiger partial charge in [-0.2, -0.15) is 0 Å². The van der Waals surface area contributed by atoms with Crippen LogP contribution < -0.4 is 4.74 Å². The summed E-state index contributed by atoms with van der Waals surface area (Å²) in [6.07, 6.45) is 0.940. The van der Waals surface area contributed by atoms with Crippen LogP contribution in [0.25, 0.3) is 0 Å². The molecule has 0 saturated carbocycles. The van der Waals surface area contributed by atoms with E-state index in [1.54, 1.807) is 0 Å². The minimum Gasteiger partial charge on any atom is -0.493 e. The van der Waals surface area contributed by atoms with Gasteiger partial charge >= 0.3 is 0 Å². The van der Waals surface area contributed by atoms with Gasteiger partial charge in [-0.1, -0.05) is 41.1 Å². The summed E-state index contributed by atoms with van der Waals surface area (Å²) >= 11 is 3.42. The van der Waals surface area contributed by atoms with Gasteiger partial charge in [0, 0.05) is 22.4 Å². The molecular formula is C12H15BrO2. The normalized spacial score (nSPS) is 12.2. The molecule has 0 aliphatic heterocycles. The molecule has 0 fully saturated rings. The first-order valence-corrected chi connectivity index (χ1v) is 6.12. The SMILES string of the molecule is CCOc1c(CBr)cccc1C(C)C=O. The lowest BCUT2D eigenvalue weighted by Gasteiger charge is -2.15. The van der Waals surface area contributed by atoms with Crippen LogP contribution >= 0.6 is 15.9 Å². The Labute approximate surface area is 98.8 Å². The summed E-state index contributed by atoms with van der Waals surface area (Å²) in [5.41, 5.74) is 2.05. The van der Waals surface area contributed by atoms with Crippen LogP contribution in [0.4, 0.5) is 0 Å². The van der Waals surface area contributed by atoms with Crippen molar-refractivity contribution in [2.75, 3.05) is 6.61 Å². The lowest BCUT2D eigenvalue weighted by molar-refractivity contribution is -0.108. The van der Waals surface area contributed by atoms with Crippen molar-refractivity contribution in [3.05, 3.63) is 29.3 Å². The Balaban J connectivity index is 3.17. The molecule has 1 aromatic rings. The second-order valence-corrected chi connectivity index (χ2v) is 3.89. The maximum Gasteiger partial charge on any atom is 0.127 e. The summed E-state index contributed by atoms with van der Waals surface area (Å²) in [6.45, 7) is 4.44. The summed E-state index contributed by atoms with van der Waals surface area (Å²) < 4.78 is 5.59. The number of alkyl halides is 1. The molecule has 0 amide bonds. The molecule has 0 aliphatic carbocycles. The molecule has 82 valence electrons. The van der Waals surface area contributed by atoms with Gasteiger partial charge in [0.15, 0.2) is 0 Å². The number of aldehydes is 1. The Morgan fingerprint density at radius 2 is 2.27 bits per heavy atom. The van der Waals surface area contributed by atoms with Crippen LogP contribution in [0.15, 0.2) is 18.2 Å². The highest BCUT2D eigenvalue weighted by molar-refractivity contribution is 9.08. The van der Waals surface area contributed by atoms with Gasteiger partial charge in [-0.3, -0.25) is 0 Å². The molecule has 0 radical (unpaired) electrons. The third-order valence-corrected chi connectivity index (χ3v) is 2.86. The first-order chi connectivity index (χ1) is 7.24. The molecule has 0 spiro atoms. The number of hydrogen-bond acceptors (Lipinski definition) is 2. The number of carbonyl (C=O) groups excluding carboxylic acids is 1. The Kier molecular flexibility index (Phi) is 4.82. The van der Waals surface area contributed by atoms with Gasteiger partial charge in [0.1, 0.15) is 12.0 Å². The molecule has 0 N–H and O–H groups in total. The van der Waals surface area contributed by atoms with Crippen molar-refractivity contribution in [3.63, 3.8) is 0 Å². The van der Waals surface area contributed by atoms with Crippen molar-refractivity contribution in [3.8, 4) is 5.75 Å². The lowest BCUT2D eigenvalue weighted by atomic mass is 9.99. The van der Waals surface area contributed by atoms with E-state index in [4.69, 9.17) is 4.74 Å². The second kappa shape index (κ2) is 5.91. The third-order valence-electron chi connectivity index (χ3n) is 2.25. The lowest BCUT2D eigenvalue weighted by Crippen LogP contribution is -2.03. The zero-order chi connectivity index (χ0) is 11.3. The van der Waals surface area contributed by atoms with E-state index in [2.05, 4.69) is 15.9 Å². The van der Waals surface area contributed by atoms with Crippen LogP contribution in [0.5, 0.6) is 5.75 Å². The van der Waals surface area contributed by atoms with E-state index in [0.29, 0.717) is 6.61 Å². The van der Waals surface area contributed by atoms with E-state index in [9.17, 15) is 4.79 Å². The number of hydrogen-bond donors (Lipinski definition) is 0. The molecule has 1 unspecified atom stereocenters. The zero-order valence-corrected chi connectivity index (χ0v) is 10.6. The highest BCUT2D eigenvalue weighted by Gasteiger charge is 2.13. The van der Waals surface area contributed by atoms with Crippen LogP contribution in [0.2, 0.25) is 0 Å². The van der Waals surface area contributed by atoms with Gasteiger partial charge in [0.25, 0.3) is 0 Å². The molecular weight excluding hydrogens is 256 g/mol. The standard InChI is InChI=1S/C12H15BrO2/c1-3-15-12-10(7-13)5-4-6-11(12)9(2)8-14/h4-6,8-9H,3,7H2,1-2H3. The monoisotopic (exact) mass is 270 g/mol. The summed E-state index contributed by atoms with van der Waals surface area (Å²) in [7, 11) is 0. The average Bonchev–Trinajstić information content (AvgIpc) is 2.28. The van der Waals surface area contributed by atoms with Crippen LogP contribution in [0, 0.1) is 0 Å².